The number of nitrogens with zero attached hydrogens (tertiary/aromatic N) is 2. The summed E-state index contributed by atoms with van der Waals surface area (Å²) in [6.07, 6.45) is 5.99. The molecule has 2 aliphatic rings. The van der Waals surface area contributed by atoms with E-state index in [-0.39, 0.29) is 12.4 Å². The van der Waals surface area contributed by atoms with Crippen molar-refractivity contribution in [3.05, 3.63) is 15.0 Å². The molecule has 102 valence electrons. The monoisotopic (exact) mass is 351 g/mol. The number of hydrogen-bond acceptors (Lipinski definition) is 4. The molecule has 3 heterocycles. The van der Waals surface area contributed by atoms with E-state index in [4.69, 9.17) is 0 Å². The van der Waals surface area contributed by atoms with Gasteiger partial charge in [0.1, 0.15) is 5.01 Å². The number of likely N-dealkylation sites (tertiary alicyclic amines) is 1. The van der Waals surface area contributed by atoms with Crippen LogP contribution >= 0.6 is 39.7 Å². The zero-order valence-corrected chi connectivity index (χ0v) is 13.5. The van der Waals surface area contributed by atoms with Crippen LogP contribution in [0.4, 0.5) is 0 Å². The Morgan fingerprint density at radius 2 is 2.17 bits per heavy atom. The third-order valence-electron chi connectivity index (χ3n) is 4.07. The van der Waals surface area contributed by atoms with Crippen LogP contribution in [-0.4, -0.2) is 36.1 Å². The molecule has 1 spiro atoms. The number of thiazole rings is 1. The van der Waals surface area contributed by atoms with Gasteiger partial charge in [0.2, 0.25) is 0 Å². The first-order valence-corrected chi connectivity index (χ1v) is 7.90. The van der Waals surface area contributed by atoms with Crippen LogP contribution in [0.5, 0.6) is 0 Å². The van der Waals surface area contributed by atoms with Gasteiger partial charge in [-0.25, -0.2) is 4.98 Å². The predicted octanol–water partition coefficient (Wildman–Crippen LogP) is 2.90. The van der Waals surface area contributed by atoms with Crippen LogP contribution in [0, 0.1) is 5.41 Å². The van der Waals surface area contributed by atoms with E-state index < -0.39 is 0 Å². The number of aromatic nitrogens is 1. The largest absolute Gasteiger partial charge is 0.317 e. The zero-order valence-electron chi connectivity index (χ0n) is 10.3. The standard InChI is InChI=1S/C12H18BrN3S.ClH/c13-10-7-15-11(17-10)8-16-6-3-12(9-16)1-4-14-5-2-12;/h7,14H,1-6,8-9H2;1H. The molecule has 18 heavy (non-hydrogen) atoms. The molecular weight excluding hydrogens is 334 g/mol. The second-order valence-corrected chi connectivity index (χ2v) is 7.76. The van der Waals surface area contributed by atoms with Crippen LogP contribution in [0.15, 0.2) is 9.98 Å². The van der Waals surface area contributed by atoms with Crippen LogP contribution in [0.2, 0.25) is 0 Å². The lowest BCUT2D eigenvalue weighted by molar-refractivity contribution is 0.194. The summed E-state index contributed by atoms with van der Waals surface area (Å²) in [6.45, 7) is 5.96. The number of halogens is 2. The summed E-state index contributed by atoms with van der Waals surface area (Å²) in [5.74, 6) is 0. The van der Waals surface area contributed by atoms with Crippen LogP contribution in [0.25, 0.3) is 0 Å². The molecular formula is C12H19BrClN3S. The molecule has 1 aromatic rings. The molecule has 1 aromatic heterocycles. The molecule has 0 atom stereocenters. The fraction of sp³-hybridized carbons (Fsp3) is 0.750. The van der Waals surface area contributed by atoms with Crippen molar-refractivity contribution < 1.29 is 0 Å². The fourth-order valence-electron chi connectivity index (χ4n) is 3.08. The third kappa shape index (κ3) is 3.25. The molecule has 0 bridgehead atoms. The fourth-order valence-corrected chi connectivity index (χ4v) is 4.43. The average molecular weight is 353 g/mol. The SMILES string of the molecule is Brc1cnc(CN2CCC3(CCNCC3)C2)s1.Cl. The lowest BCUT2D eigenvalue weighted by Crippen LogP contribution is -2.38. The van der Waals surface area contributed by atoms with Gasteiger partial charge in [-0.3, -0.25) is 4.90 Å². The molecule has 2 aliphatic heterocycles. The van der Waals surface area contributed by atoms with E-state index in [2.05, 4.69) is 31.1 Å². The van der Waals surface area contributed by atoms with Crippen molar-refractivity contribution in [2.45, 2.75) is 25.8 Å². The van der Waals surface area contributed by atoms with Crippen LogP contribution < -0.4 is 5.32 Å². The molecule has 0 aromatic carbocycles. The summed E-state index contributed by atoms with van der Waals surface area (Å²) in [5, 5.41) is 4.71. The Kier molecular flexibility index (Phi) is 5.06. The highest BCUT2D eigenvalue weighted by Crippen LogP contribution is 2.39. The predicted molar refractivity (Wildman–Crippen MR) is 81.5 cm³/mol. The smallest absolute Gasteiger partial charge is 0.108 e. The average Bonchev–Trinajstić information content (AvgIpc) is 2.89. The Hall–Kier alpha value is 0.320. The highest BCUT2D eigenvalue weighted by molar-refractivity contribution is 9.11. The number of piperidine rings is 1. The van der Waals surface area contributed by atoms with Crippen molar-refractivity contribution in [1.29, 1.82) is 0 Å². The molecule has 0 saturated carbocycles. The van der Waals surface area contributed by atoms with Crippen LogP contribution in [0.1, 0.15) is 24.3 Å². The van der Waals surface area contributed by atoms with Crippen molar-refractivity contribution in [2.24, 2.45) is 5.41 Å². The second kappa shape index (κ2) is 6.18. The van der Waals surface area contributed by atoms with Gasteiger partial charge < -0.3 is 5.32 Å². The van der Waals surface area contributed by atoms with Crippen LogP contribution in [-0.2, 0) is 6.54 Å². The summed E-state index contributed by atoms with van der Waals surface area (Å²) in [5.41, 5.74) is 0.611. The van der Waals surface area contributed by atoms with E-state index >= 15 is 0 Å². The Morgan fingerprint density at radius 1 is 1.39 bits per heavy atom. The van der Waals surface area contributed by atoms with E-state index in [1.807, 2.05) is 6.20 Å². The molecule has 3 nitrogen and oxygen atoms in total. The van der Waals surface area contributed by atoms with E-state index in [9.17, 15) is 0 Å². The Labute approximate surface area is 127 Å². The number of nitrogens with one attached hydrogen (secondary N) is 1. The molecule has 1 N–H and O–H groups in total. The normalized spacial score (nSPS) is 23.2. The molecule has 3 rings (SSSR count). The van der Waals surface area contributed by atoms with Gasteiger partial charge in [0.15, 0.2) is 0 Å². The van der Waals surface area contributed by atoms with E-state index in [0.29, 0.717) is 5.41 Å². The quantitative estimate of drug-likeness (QED) is 0.887. The summed E-state index contributed by atoms with van der Waals surface area (Å²) in [4.78, 5) is 7.01. The van der Waals surface area contributed by atoms with Crippen molar-refractivity contribution in [3.63, 3.8) is 0 Å². The minimum Gasteiger partial charge on any atom is -0.317 e. The van der Waals surface area contributed by atoms with E-state index in [1.165, 1.54) is 50.4 Å². The minimum atomic E-state index is 0. The lowest BCUT2D eigenvalue weighted by Gasteiger charge is -2.33. The molecule has 6 heteroatoms. The molecule has 2 fully saturated rings. The zero-order chi connectivity index (χ0) is 11.7. The third-order valence-corrected chi connectivity index (χ3v) is 5.53. The van der Waals surface area contributed by atoms with Gasteiger partial charge in [0.05, 0.1) is 16.5 Å². The molecule has 0 radical (unpaired) electrons. The summed E-state index contributed by atoms with van der Waals surface area (Å²) in [7, 11) is 0. The maximum Gasteiger partial charge on any atom is 0.108 e. The Morgan fingerprint density at radius 3 is 2.83 bits per heavy atom. The van der Waals surface area contributed by atoms with Gasteiger partial charge in [0.25, 0.3) is 0 Å². The van der Waals surface area contributed by atoms with Gasteiger partial charge >= 0.3 is 0 Å². The summed E-state index contributed by atoms with van der Waals surface area (Å²) in [6, 6.07) is 0. The summed E-state index contributed by atoms with van der Waals surface area (Å²) < 4.78 is 1.14. The molecule has 2 saturated heterocycles. The maximum atomic E-state index is 4.43. The topological polar surface area (TPSA) is 28.2 Å². The highest BCUT2D eigenvalue weighted by Gasteiger charge is 2.38. The molecule has 0 aliphatic carbocycles. The van der Waals surface area contributed by atoms with Gasteiger partial charge in [0, 0.05) is 6.54 Å². The maximum absolute atomic E-state index is 4.43. The van der Waals surface area contributed by atoms with Crippen molar-refractivity contribution in [3.8, 4) is 0 Å². The van der Waals surface area contributed by atoms with Gasteiger partial charge in [-0.1, -0.05) is 0 Å². The first-order valence-electron chi connectivity index (χ1n) is 6.29. The van der Waals surface area contributed by atoms with Crippen molar-refractivity contribution in [1.82, 2.24) is 15.2 Å². The van der Waals surface area contributed by atoms with E-state index in [0.717, 1.165) is 10.3 Å². The molecule has 0 amide bonds. The van der Waals surface area contributed by atoms with E-state index in [1.54, 1.807) is 11.3 Å². The Bertz CT molecular complexity index is 392. The highest BCUT2D eigenvalue weighted by atomic mass is 79.9. The minimum absolute atomic E-state index is 0. The van der Waals surface area contributed by atoms with Crippen molar-refractivity contribution >= 4 is 39.7 Å². The first-order chi connectivity index (χ1) is 8.26. The van der Waals surface area contributed by atoms with Gasteiger partial charge in [-0.2, -0.15) is 0 Å². The number of hydrogen-bond donors (Lipinski definition) is 1. The van der Waals surface area contributed by atoms with Gasteiger partial charge in [-0.05, 0) is 60.2 Å². The van der Waals surface area contributed by atoms with Crippen molar-refractivity contribution in [2.75, 3.05) is 26.2 Å². The van der Waals surface area contributed by atoms with Crippen LogP contribution in [0.3, 0.4) is 0 Å². The Balaban J connectivity index is 0.00000120. The van der Waals surface area contributed by atoms with Gasteiger partial charge in [-0.15, -0.1) is 23.7 Å². The number of rotatable bonds is 2. The summed E-state index contributed by atoms with van der Waals surface area (Å²) >= 11 is 5.24. The second-order valence-electron chi connectivity index (χ2n) is 5.27. The first kappa shape index (κ1) is 14.7. The lowest BCUT2D eigenvalue weighted by atomic mass is 9.78. The molecule has 0 unspecified atom stereocenters.